The van der Waals surface area contributed by atoms with E-state index >= 15 is 0 Å². The maximum atomic E-state index is 12.5. The van der Waals surface area contributed by atoms with E-state index in [9.17, 15) is 4.79 Å². The molecule has 0 radical (unpaired) electrons. The normalized spacial score (nSPS) is 21.6. The van der Waals surface area contributed by atoms with Crippen LogP contribution in [-0.4, -0.2) is 46.6 Å². The Bertz CT molecular complexity index is 853. The van der Waals surface area contributed by atoms with Crippen LogP contribution >= 0.6 is 0 Å². The van der Waals surface area contributed by atoms with Gasteiger partial charge in [-0.25, -0.2) is 14.8 Å². The van der Waals surface area contributed by atoms with Gasteiger partial charge in [0.05, 0.1) is 24.3 Å². The molecule has 1 atom stereocenters. The van der Waals surface area contributed by atoms with Crippen molar-refractivity contribution in [1.82, 2.24) is 20.2 Å². The number of urea groups is 1. The molecule has 2 aromatic rings. The predicted octanol–water partition coefficient (Wildman–Crippen LogP) is 3.04. The summed E-state index contributed by atoms with van der Waals surface area (Å²) < 4.78 is 5.93. The number of rotatable bonds is 2. The van der Waals surface area contributed by atoms with Crippen molar-refractivity contribution in [3.63, 3.8) is 0 Å². The average Bonchev–Trinajstić information content (AvgIpc) is 3.08. The maximum Gasteiger partial charge on any atom is 0.317 e. The van der Waals surface area contributed by atoms with E-state index in [0.29, 0.717) is 26.3 Å². The summed E-state index contributed by atoms with van der Waals surface area (Å²) in [6.07, 6.45) is 0.857. The van der Waals surface area contributed by atoms with Gasteiger partial charge in [0.1, 0.15) is 0 Å². The van der Waals surface area contributed by atoms with E-state index in [1.165, 1.54) is 0 Å². The fraction of sp³-hybridized carbons (Fsp3) is 0.476. The van der Waals surface area contributed by atoms with E-state index in [-0.39, 0.29) is 17.5 Å². The van der Waals surface area contributed by atoms with Gasteiger partial charge in [-0.15, -0.1) is 0 Å². The summed E-state index contributed by atoms with van der Waals surface area (Å²) >= 11 is 0. The van der Waals surface area contributed by atoms with Crippen molar-refractivity contribution < 1.29 is 9.53 Å². The van der Waals surface area contributed by atoms with Gasteiger partial charge < -0.3 is 15.0 Å². The minimum atomic E-state index is -0.251. The van der Waals surface area contributed by atoms with Gasteiger partial charge >= 0.3 is 6.03 Å². The zero-order chi connectivity index (χ0) is 19.0. The molecule has 1 fully saturated rings. The highest BCUT2D eigenvalue weighted by Crippen LogP contribution is 2.40. The fourth-order valence-electron chi connectivity index (χ4n) is 4.04. The molecule has 2 aliphatic rings. The number of aryl methyl sites for hydroxylation is 1. The lowest BCUT2D eigenvalue weighted by Gasteiger charge is -2.35. The third-order valence-corrected chi connectivity index (χ3v) is 5.43. The van der Waals surface area contributed by atoms with Crippen molar-refractivity contribution in [2.75, 3.05) is 19.7 Å². The van der Waals surface area contributed by atoms with Crippen molar-refractivity contribution in [1.29, 1.82) is 0 Å². The topological polar surface area (TPSA) is 67.4 Å². The summed E-state index contributed by atoms with van der Waals surface area (Å²) in [5, 5.41) is 2.99. The third-order valence-electron chi connectivity index (χ3n) is 5.43. The standard InChI is InChI=1S/C21H26N4O2/c1-14(2)22-20(26)25-10-9-21(12-25)13-27-11-17-15(3)23-19(24-18(17)21)16-7-5-4-6-8-16/h4-8,14H,9-13H2,1-3H3,(H,22,26). The van der Waals surface area contributed by atoms with Crippen LogP contribution in [0.1, 0.15) is 37.2 Å². The molecule has 142 valence electrons. The first-order valence-corrected chi connectivity index (χ1v) is 9.55. The summed E-state index contributed by atoms with van der Waals surface area (Å²) in [6, 6.07) is 10.2. The predicted molar refractivity (Wildman–Crippen MR) is 103 cm³/mol. The molecule has 6 nitrogen and oxygen atoms in total. The van der Waals surface area contributed by atoms with Gasteiger partial charge in [-0.05, 0) is 27.2 Å². The quantitative estimate of drug-likeness (QED) is 0.887. The van der Waals surface area contributed by atoms with Gasteiger partial charge in [-0.3, -0.25) is 0 Å². The van der Waals surface area contributed by atoms with E-state index < -0.39 is 0 Å². The molecular weight excluding hydrogens is 340 g/mol. The van der Waals surface area contributed by atoms with Crippen molar-refractivity contribution >= 4 is 6.03 Å². The van der Waals surface area contributed by atoms with Crippen LogP contribution in [0.15, 0.2) is 30.3 Å². The monoisotopic (exact) mass is 366 g/mol. The first-order valence-electron chi connectivity index (χ1n) is 9.55. The molecule has 2 aliphatic heterocycles. The lowest BCUT2D eigenvalue weighted by atomic mass is 9.80. The minimum Gasteiger partial charge on any atom is -0.376 e. The number of amides is 2. The molecule has 4 rings (SSSR count). The Morgan fingerprint density at radius 2 is 2.04 bits per heavy atom. The summed E-state index contributed by atoms with van der Waals surface area (Å²) in [6.45, 7) is 8.45. The number of likely N-dealkylation sites (tertiary alicyclic amines) is 1. The number of aromatic nitrogens is 2. The van der Waals surface area contributed by atoms with Crippen LogP contribution in [0.4, 0.5) is 4.79 Å². The number of nitrogens with zero attached hydrogens (tertiary/aromatic N) is 3. The van der Waals surface area contributed by atoms with Crippen LogP contribution in [-0.2, 0) is 16.8 Å². The van der Waals surface area contributed by atoms with Crippen LogP contribution < -0.4 is 5.32 Å². The second-order valence-electron chi connectivity index (χ2n) is 7.87. The van der Waals surface area contributed by atoms with Crippen LogP contribution in [0.2, 0.25) is 0 Å². The molecule has 1 N–H and O–H groups in total. The number of nitrogens with one attached hydrogen (secondary N) is 1. The van der Waals surface area contributed by atoms with E-state index in [1.54, 1.807) is 0 Å². The van der Waals surface area contributed by atoms with Crippen LogP contribution in [0.3, 0.4) is 0 Å². The molecule has 1 aromatic carbocycles. The number of carbonyl (C=O) groups is 1. The van der Waals surface area contributed by atoms with E-state index in [0.717, 1.165) is 34.8 Å². The Morgan fingerprint density at radius 3 is 2.78 bits per heavy atom. The lowest BCUT2D eigenvalue weighted by molar-refractivity contribution is 0.0514. The van der Waals surface area contributed by atoms with Crippen molar-refractivity contribution in [2.24, 2.45) is 0 Å². The van der Waals surface area contributed by atoms with Gasteiger partial charge in [0, 0.05) is 36.0 Å². The molecule has 1 unspecified atom stereocenters. The molecule has 3 heterocycles. The highest BCUT2D eigenvalue weighted by atomic mass is 16.5. The zero-order valence-electron chi connectivity index (χ0n) is 16.2. The summed E-state index contributed by atoms with van der Waals surface area (Å²) in [5.74, 6) is 0.748. The third kappa shape index (κ3) is 3.30. The molecule has 0 bridgehead atoms. The summed E-state index contributed by atoms with van der Waals surface area (Å²) in [4.78, 5) is 24.1. The number of hydrogen-bond acceptors (Lipinski definition) is 4. The van der Waals surface area contributed by atoms with E-state index in [4.69, 9.17) is 14.7 Å². The number of carbonyl (C=O) groups excluding carboxylic acids is 1. The summed E-state index contributed by atoms with van der Waals surface area (Å²) in [5.41, 5.74) is 3.85. The van der Waals surface area contributed by atoms with Crippen molar-refractivity contribution in [3.05, 3.63) is 47.3 Å². The molecule has 6 heteroatoms. The van der Waals surface area contributed by atoms with Crippen molar-refractivity contribution in [3.8, 4) is 11.4 Å². The first-order chi connectivity index (χ1) is 13.0. The molecule has 27 heavy (non-hydrogen) atoms. The number of ether oxygens (including phenoxy) is 1. The number of benzene rings is 1. The van der Waals surface area contributed by atoms with Gasteiger partial charge in [0.15, 0.2) is 5.82 Å². The Labute approximate surface area is 160 Å². The highest BCUT2D eigenvalue weighted by Gasteiger charge is 2.46. The minimum absolute atomic E-state index is 0.0111. The van der Waals surface area contributed by atoms with E-state index in [1.807, 2.05) is 56.0 Å². The molecule has 0 saturated carbocycles. The second kappa shape index (κ2) is 6.93. The fourth-order valence-corrected chi connectivity index (χ4v) is 4.04. The largest absolute Gasteiger partial charge is 0.376 e. The number of fused-ring (bicyclic) bond motifs is 2. The van der Waals surface area contributed by atoms with Crippen LogP contribution in [0, 0.1) is 6.92 Å². The van der Waals surface area contributed by atoms with E-state index in [2.05, 4.69) is 5.32 Å². The van der Waals surface area contributed by atoms with Gasteiger partial charge in [-0.2, -0.15) is 0 Å². The maximum absolute atomic E-state index is 12.5. The Kier molecular flexibility index (Phi) is 4.60. The zero-order valence-corrected chi connectivity index (χ0v) is 16.2. The SMILES string of the molecule is Cc1nc(-c2ccccc2)nc2c1COCC21CCN(C(=O)NC(C)C)C1. The van der Waals surface area contributed by atoms with Crippen LogP contribution in [0.25, 0.3) is 11.4 Å². The molecule has 1 aromatic heterocycles. The lowest BCUT2D eigenvalue weighted by Crippen LogP contribution is -2.46. The van der Waals surface area contributed by atoms with Gasteiger partial charge in [0.25, 0.3) is 0 Å². The Hall–Kier alpha value is -2.47. The average molecular weight is 366 g/mol. The Balaban J connectivity index is 1.71. The molecule has 2 amide bonds. The molecule has 0 aliphatic carbocycles. The summed E-state index contributed by atoms with van der Waals surface area (Å²) in [7, 11) is 0. The Morgan fingerprint density at radius 1 is 1.26 bits per heavy atom. The second-order valence-corrected chi connectivity index (χ2v) is 7.87. The molecule has 1 saturated heterocycles. The van der Waals surface area contributed by atoms with Gasteiger partial charge in [0.2, 0.25) is 0 Å². The highest BCUT2D eigenvalue weighted by molar-refractivity contribution is 5.75. The smallest absolute Gasteiger partial charge is 0.317 e. The van der Waals surface area contributed by atoms with Crippen LogP contribution in [0.5, 0.6) is 0 Å². The van der Waals surface area contributed by atoms with Gasteiger partial charge in [-0.1, -0.05) is 30.3 Å². The molecular formula is C21H26N4O2. The molecule has 1 spiro atoms. The number of hydrogen-bond donors (Lipinski definition) is 1. The first kappa shape index (κ1) is 17.9. The van der Waals surface area contributed by atoms with Crippen molar-refractivity contribution in [2.45, 2.75) is 45.3 Å².